The van der Waals surface area contributed by atoms with Crippen molar-refractivity contribution in [3.63, 3.8) is 0 Å². The minimum Gasteiger partial charge on any atom is -0.354 e. The van der Waals surface area contributed by atoms with Crippen molar-refractivity contribution in [2.45, 2.75) is 32.6 Å². The normalized spacial score (nSPS) is 23.6. The third-order valence-corrected chi connectivity index (χ3v) is 3.53. The van der Waals surface area contributed by atoms with Gasteiger partial charge in [0.15, 0.2) is 0 Å². The SMILES string of the molecule is CC1CCC(CNc2ncc([N+](=O)[O-])cn2)CC1. The number of nitro groups is 1. The van der Waals surface area contributed by atoms with Gasteiger partial charge in [-0.05, 0) is 24.7 Å². The second-order valence-electron chi connectivity index (χ2n) is 5.03. The van der Waals surface area contributed by atoms with Crippen LogP contribution in [0, 0.1) is 22.0 Å². The van der Waals surface area contributed by atoms with Gasteiger partial charge in [-0.25, -0.2) is 9.97 Å². The fourth-order valence-electron chi connectivity index (χ4n) is 2.28. The van der Waals surface area contributed by atoms with Gasteiger partial charge < -0.3 is 5.32 Å². The lowest BCUT2D eigenvalue weighted by atomic mass is 9.83. The maximum atomic E-state index is 10.5. The highest BCUT2D eigenvalue weighted by atomic mass is 16.6. The van der Waals surface area contributed by atoms with Crippen LogP contribution < -0.4 is 5.32 Å². The molecule has 1 fully saturated rings. The lowest BCUT2D eigenvalue weighted by Gasteiger charge is -2.26. The molecule has 6 nitrogen and oxygen atoms in total. The molecule has 1 aliphatic carbocycles. The van der Waals surface area contributed by atoms with Crippen LogP contribution in [-0.4, -0.2) is 21.4 Å². The average Bonchev–Trinajstić information content (AvgIpc) is 2.38. The molecule has 0 unspecified atom stereocenters. The molecule has 1 aliphatic rings. The Labute approximate surface area is 106 Å². The van der Waals surface area contributed by atoms with Gasteiger partial charge >= 0.3 is 5.69 Å². The Morgan fingerprint density at radius 3 is 2.50 bits per heavy atom. The molecule has 18 heavy (non-hydrogen) atoms. The zero-order valence-electron chi connectivity index (χ0n) is 10.5. The molecule has 0 radical (unpaired) electrons. The maximum Gasteiger partial charge on any atom is 0.305 e. The summed E-state index contributed by atoms with van der Waals surface area (Å²) in [6, 6.07) is 0. The van der Waals surface area contributed by atoms with Crippen molar-refractivity contribution in [3.8, 4) is 0 Å². The molecule has 1 aromatic rings. The predicted octanol–water partition coefficient (Wildman–Crippen LogP) is 2.62. The number of hydrogen-bond donors (Lipinski definition) is 1. The minimum atomic E-state index is -0.494. The summed E-state index contributed by atoms with van der Waals surface area (Å²) in [5.41, 5.74) is -0.0768. The van der Waals surface area contributed by atoms with Gasteiger partial charge in [0.1, 0.15) is 12.4 Å². The first-order valence-corrected chi connectivity index (χ1v) is 6.35. The van der Waals surface area contributed by atoms with Crippen LogP contribution in [0.4, 0.5) is 11.6 Å². The highest BCUT2D eigenvalue weighted by Gasteiger charge is 2.18. The smallest absolute Gasteiger partial charge is 0.305 e. The summed E-state index contributed by atoms with van der Waals surface area (Å²) < 4.78 is 0. The van der Waals surface area contributed by atoms with E-state index in [0.29, 0.717) is 11.9 Å². The van der Waals surface area contributed by atoms with E-state index in [0.717, 1.165) is 12.5 Å². The molecule has 0 aliphatic heterocycles. The molecule has 0 bridgehead atoms. The summed E-state index contributed by atoms with van der Waals surface area (Å²) in [5, 5.41) is 13.6. The van der Waals surface area contributed by atoms with Gasteiger partial charge in [0.2, 0.25) is 5.95 Å². The van der Waals surface area contributed by atoms with Gasteiger partial charge in [-0.2, -0.15) is 0 Å². The quantitative estimate of drug-likeness (QED) is 0.656. The van der Waals surface area contributed by atoms with Crippen molar-refractivity contribution in [1.29, 1.82) is 0 Å². The highest BCUT2D eigenvalue weighted by molar-refractivity contribution is 5.30. The van der Waals surface area contributed by atoms with E-state index in [4.69, 9.17) is 0 Å². The highest BCUT2D eigenvalue weighted by Crippen LogP contribution is 2.28. The van der Waals surface area contributed by atoms with Crippen LogP contribution in [0.1, 0.15) is 32.6 Å². The van der Waals surface area contributed by atoms with E-state index >= 15 is 0 Å². The Morgan fingerprint density at radius 1 is 1.33 bits per heavy atom. The van der Waals surface area contributed by atoms with E-state index in [9.17, 15) is 10.1 Å². The van der Waals surface area contributed by atoms with Gasteiger partial charge in [0.25, 0.3) is 0 Å². The van der Waals surface area contributed by atoms with Crippen molar-refractivity contribution in [2.24, 2.45) is 11.8 Å². The molecule has 1 aromatic heterocycles. The first-order chi connectivity index (χ1) is 8.65. The average molecular weight is 250 g/mol. The van der Waals surface area contributed by atoms with Crippen molar-refractivity contribution in [3.05, 3.63) is 22.5 Å². The third-order valence-electron chi connectivity index (χ3n) is 3.53. The summed E-state index contributed by atoms with van der Waals surface area (Å²) in [7, 11) is 0. The molecular weight excluding hydrogens is 232 g/mol. The van der Waals surface area contributed by atoms with E-state index in [1.165, 1.54) is 38.1 Å². The second-order valence-corrected chi connectivity index (χ2v) is 5.03. The van der Waals surface area contributed by atoms with Crippen LogP contribution in [0.2, 0.25) is 0 Å². The van der Waals surface area contributed by atoms with Crippen molar-refractivity contribution in [1.82, 2.24) is 9.97 Å². The van der Waals surface area contributed by atoms with Gasteiger partial charge in [-0.1, -0.05) is 19.8 Å². The molecule has 1 heterocycles. The van der Waals surface area contributed by atoms with Crippen LogP contribution in [0.25, 0.3) is 0 Å². The Morgan fingerprint density at radius 2 is 1.94 bits per heavy atom. The number of anilines is 1. The molecule has 98 valence electrons. The first kappa shape index (κ1) is 12.7. The number of nitrogens with zero attached hydrogens (tertiary/aromatic N) is 3. The van der Waals surface area contributed by atoms with E-state index in [-0.39, 0.29) is 5.69 Å². The van der Waals surface area contributed by atoms with E-state index < -0.39 is 4.92 Å². The molecule has 0 amide bonds. The lowest BCUT2D eigenvalue weighted by molar-refractivity contribution is -0.385. The molecule has 0 saturated heterocycles. The van der Waals surface area contributed by atoms with Gasteiger partial charge in [-0.3, -0.25) is 10.1 Å². The Balaban J connectivity index is 1.81. The van der Waals surface area contributed by atoms with E-state index in [1.54, 1.807) is 0 Å². The Hall–Kier alpha value is -1.72. The Kier molecular flexibility index (Phi) is 4.07. The Bertz CT molecular complexity index is 399. The van der Waals surface area contributed by atoms with Gasteiger partial charge in [0, 0.05) is 6.54 Å². The first-order valence-electron chi connectivity index (χ1n) is 6.35. The molecule has 6 heteroatoms. The second kappa shape index (κ2) is 5.75. The van der Waals surface area contributed by atoms with Crippen molar-refractivity contribution in [2.75, 3.05) is 11.9 Å². The van der Waals surface area contributed by atoms with Gasteiger partial charge in [-0.15, -0.1) is 0 Å². The number of aromatic nitrogens is 2. The third kappa shape index (κ3) is 3.38. The molecule has 0 atom stereocenters. The zero-order valence-corrected chi connectivity index (χ0v) is 10.5. The largest absolute Gasteiger partial charge is 0.354 e. The maximum absolute atomic E-state index is 10.5. The van der Waals surface area contributed by atoms with Crippen LogP contribution in [0.5, 0.6) is 0 Å². The van der Waals surface area contributed by atoms with Crippen LogP contribution in [-0.2, 0) is 0 Å². The number of nitrogens with one attached hydrogen (secondary N) is 1. The summed E-state index contributed by atoms with van der Waals surface area (Å²) in [5.74, 6) is 1.98. The molecular formula is C12H18N4O2. The van der Waals surface area contributed by atoms with Crippen LogP contribution in [0.15, 0.2) is 12.4 Å². The molecule has 0 spiro atoms. The molecule has 1 saturated carbocycles. The monoisotopic (exact) mass is 250 g/mol. The molecule has 1 N–H and O–H groups in total. The number of rotatable bonds is 4. The molecule has 2 rings (SSSR count). The van der Waals surface area contributed by atoms with E-state index in [2.05, 4.69) is 22.2 Å². The fraction of sp³-hybridized carbons (Fsp3) is 0.667. The summed E-state index contributed by atoms with van der Waals surface area (Å²) in [4.78, 5) is 17.8. The van der Waals surface area contributed by atoms with Crippen molar-refractivity contribution >= 4 is 11.6 Å². The van der Waals surface area contributed by atoms with Crippen LogP contribution in [0.3, 0.4) is 0 Å². The summed E-state index contributed by atoms with van der Waals surface area (Å²) in [6.07, 6.45) is 7.51. The summed E-state index contributed by atoms with van der Waals surface area (Å²) >= 11 is 0. The van der Waals surface area contributed by atoms with Crippen molar-refractivity contribution < 1.29 is 4.92 Å². The lowest BCUT2D eigenvalue weighted by Crippen LogP contribution is -2.20. The van der Waals surface area contributed by atoms with Crippen LogP contribution >= 0.6 is 0 Å². The van der Waals surface area contributed by atoms with E-state index in [1.807, 2.05) is 0 Å². The number of hydrogen-bond acceptors (Lipinski definition) is 5. The molecule has 0 aromatic carbocycles. The zero-order chi connectivity index (χ0) is 13.0. The minimum absolute atomic E-state index is 0.0768. The topological polar surface area (TPSA) is 81.0 Å². The standard InChI is InChI=1S/C12H18N4O2/c1-9-2-4-10(5-3-9)6-13-12-14-7-11(8-15-12)16(17)18/h7-10H,2-6H2,1H3,(H,13,14,15). The predicted molar refractivity (Wildman–Crippen MR) is 68.3 cm³/mol. The fourth-order valence-corrected chi connectivity index (χ4v) is 2.28. The summed E-state index contributed by atoms with van der Waals surface area (Å²) in [6.45, 7) is 3.15. The van der Waals surface area contributed by atoms with Gasteiger partial charge in [0.05, 0.1) is 4.92 Å².